The highest BCUT2D eigenvalue weighted by Gasteiger charge is 2.55. The van der Waals surface area contributed by atoms with Crippen LogP contribution in [0.4, 0.5) is 4.79 Å². The van der Waals surface area contributed by atoms with Gasteiger partial charge in [0.2, 0.25) is 11.9 Å². The maximum atomic E-state index is 12.8. The van der Waals surface area contributed by atoms with Gasteiger partial charge >= 0.3 is 12.0 Å². The number of hydrogen-bond acceptors (Lipinski definition) is 4. The average molecular weight is 363 g/mol. The minimum absolute atomic E-state index is 0.149. The topological polar surface area (TPSA) is 82.7 Å². The van der Waals surface area contributed by atoms with Gasteiger partial charge in [0.05, 0.1) is 26.2 Å². The molecule has 26 heavy (non-hydrogen) atoms. The van der Waals surface area contributed by atoms with Gasteiger partial charge in [-0.1, -0.05) is 11.6 Å². The first-order valence-electron chi connectivity index (χ1n) is 8.85. The second kappa shape index (κ2) is 7.16. The van der Waals surface area contributed by atoms with E-state index in [1.807, 2.05) is 11.8 Å². The Morgan fingerprint density at radius 3 is 2.50 bits per heavy atom. The number of hydrogen-bond donors (Lipinski definition) is 1. The van der Waals surface area contributed by atoms with Gasteiger partial charge in [-0.2, -0.15) is 0 Å². The number of amides is 3. The van der Waals surface area contributed by atoms with Crippen LogP contribution < -0.4 is 0 Å². The summed E-state index contributed by atoms with van der Waals surface area (Å²) in [6.45, 7) is 10.4. The molecule has 0 radical (unpaired) electrons. The Labute approximate surface area is 153 Å². The fourth-order valence-corrected chi connectivity index (χ4v) is 3.60. The van der Waals surface area contributed by atoms with E-state index in [0.717, 1.165) is 42.6 Å². The molecule has 9 heteroatoms. The van der Waals surface area contributed by atoms with Crippen LogP contribution in [-0.2, 0) is 4.79 Å². The lowest BCUT2D eigenvalue weighted by Crippen LogP contribution is -2.63. The van der Waals surface area contributed by atoms with Gasteiger partial charge in [-0.3, -0.25) is 24.1 Å². The molecule has 9 nitrogen and oxygen atoms in total. The van der Waals surface area contributed by atoms with Crippen LogP contribution in [0.25, 0.3) is 0 Å². The lowest BCUT2D eigenvalue weighted by Gasteiger charge is -2.33. The van der Waals surface area contributed by atoms with E-state index in [4.69, 9.17) is 5.11 Å². The first-order chi connectivity index (χ1) is 12.3. The van der Waals surface area contributed by atoms with Crippen molar-refractivity contribution in [2.45, 2.75) is 13.0 Å². The molecule has 2 saturated heterocycles. The third-order valence-electron chi connectivity index (χ3n) is 5.02. The van der Waals surface area contributed by atoms with Crippen LogP contribution in [0.2, 0.25) is 0 Å². The van der Waals surface area contributed by atoms with Gasteiger partial charge in [0, 0.05) is 33.7 Å². The molecule has 0 bridgehead atoms. The van der Waals surface area contributed by atoms with Crippen molar-refractivity contribution >= 4 is 23.7 Å². The number of carbonyl (C=O) groups is 2. The normalized spacial score (nSPS) is 24.4. The molecule has 1 atom stereocenters. The van der Waals surface area contributed by atoms with E-state index in [1.165, 1.54) is 11.9 Å². The maximum absolute atomic E-state index is 12.8. The molecule has 0 aromatic rings. The molecular weight excluding hydrogens is 336 g/mol. The maximum Gasteiger partial charge on any atom is 0.392 e. The number of amidine groups is 1. The number of urea groups is 1. The van der Waals surface area contributed by atoms with Crippen molar-refractivity contribution in [2.75, 3.05) is 60.0 Å². The Morgan fingerprint density at radius 1 is 1.27 bits per heavy atom. The Kier molecular flexibility index (Phi) is 5.10. The molecule has 0 aromatic heterocycles. The Hall–Kier alpha value is -2.26. The number of likely N-dealkylation sites (N-methyl/N-ethyl adjacent to an activating group) is 2. The zero-order chi connectivity index (χ0) is 19.0. The number of aliphatic hydroxyl groups is 1. The van der Waals surface area contributed by atoms with E-state index in [9.17, 15) is 9.59 Å². The highest BCUT2D eigenvalue weighted by atomic mass is 16.3. The lowest BCUT2D eigenvalue weighted by atomic mass is 10.1. The van der Waals surface area contributed by atoms with E-state index in [0.29, 0.717) is 18.9 Å². The fraction of sp³-hybridized carbons (Fsp3) is 0.647. The van der Waals surface area contributed by atoms with Crippen LogP contribution in [0.5, 0.6) is 0 Å². The second-order valence-electron chi connectivity index (χ2n) is 7.05. The van der Waals surface area contributed by atoms with Crippen molar-refractivity contribution in [1.82, 2.24) is 19.6 Å². The number of imide groups is 1. The summed E-state index contributed by atoms with van der Waals surface area (Å²) in [6, 6.07) is -0.959. The average Bonchev–Trinajstić information content (AvgIpc) is 2.98. The summed E-state index contributed by atoms with van der Waals surface area (Å²) >= 11 is 0. The van der Waals surface area contributed by atoms with Crippen molar-refractivity contribution < 1.29 is 19.3 Å². The molecule has 0 saturated carbocycles. The Bertz CT molecular complexity index is 691. The van der Waals surface area contributed by atoms with Crippen molar-refractivity contribution in [3.8, 4) is 0 Å². The van der Waals surface area contributed by atoms with Gasteiger partial charge in [-0.25, -0.2) is 9.69 Å². The highest BCUT2D eigenvalue weighted by Crippen LogP contribution is 2.24. The molecular formula is C17H27N6O3+. The van der Waals surface area contributed by atoms with Gasteiger partial charge in [0.1, 0.15) is 0 Å². The number of aliphatic hydroxyl groups excluding tert-OH is 1. The third-order valence-corrected chi connectivity index (χ3v) is 5.02. The molecule has 0 aromatic carbocycles. The zero-order valence-corrected chi connectivity index (χ0v) is 15.7. The molecule has 3 heterocycles. The van der Waals surface area contributed by atoms with Crippen LogP contribution in [0, 0.1) is 0 Å². The molecule has 3 aliphatic rings. The van der Waals surface area contributed by atoms with Gasteiger partial charge in [-0.05, 0) is 12.5 Å². The molecule has 0 spiro atoms. The molecule has 1 N–H and O–H groups in total. The van der Waals surface area contributed by atoms with Gasteiger partial charge in [0.15, 0.2) is 0 Å². The van der Waals surface area contributed by atoms with Crippen LogP contribution in [-0.4, -0.2) is 119 Å². The molecule has 3 aliphatic heterocycles. The number of aliphatic imine (C=N–C) groups is 1. The summed E-state index contributed by atoms with van der Waals surface area (Å²) in [4.78, 5) is 36.5. The van der Waals surface area contributed by atoms with Gasteiger partial charge in [-0.15, -0.1) is 0 Å². The SMILES string of the molecule is C=C(C)CN1C(=[N+]2CCN(CCO)CC2)N=C2C1C(=O)N(C)C(=O)N2C. The van der Waals surface area contributed by atoms with Crippen LogP contribution >= 0.6 is 0 Å². The standard InChI is InChI=1S/C17H27N6O3/c1-12(2)11-23-13-14(19(3)17(26)20(4)15(13)25)18-16(23)22-7-5-21(6-8-22)9-10-24/h13,24H,1,5-11H2,2-4H3/q+1. The third kappa shape index (κ3) is 3.12. The summed E-state index contributed by atoms with van der Waals surface area (Å²) in [6.07, 6.45) is 0. The van der Waals surface area contributed by atoms with Crippen molar-refractivity contribution in [3.63, 3.8) is 0 Å². The summed E-state index contributed by atoms with van der Waals surface area (Å²) in [7, 11) is 3.15. The number of fused-ring (bicyclic) bond motifs is 1. The number of carbonyl (C=O) groups excluding carboxylic acids is 2. The summed E-state index contributed by atoms with van der Waals surface area (Å²) < 4.78 is 2.15. The molecule has 1 unspecified atom stereocenters. The monoisotopic (exact) mass is 363 g/mol. The minimum atomic E-state index is -0.593. The quantitative estimate of drug-likeness (QED) is 0.504. The number of piperazine rings is 1. The first-order valence-corrected chi connectivity index (χ1v) is 8.85. The summed E-state index contributed by atoms with van der Waals surface area (Å²) in [5.41, 5.74) is 0.924. The van der Waals surface area contributed by atoms with Crippen LogP contribution in [0.15, 0.2) is 17.1 Å². The predicted molar refractivity (Wildman–Crippen MR) is 97.2 cm³/mol. The van der Waals surface area contributed by atoms with Crippen molar-refractivity contribution in [1.29, 1.82) is 0 Å². The predicted octanol–water partition coefficient (Wildman–Crippen LogP) is -1.15. The number of guanidine groups is 1. The zero-order valence-electron chi connectivity index (χ0n) is 15.7. The van der Waals surface area contributed by atoms with E-state index >= 15 is 0 Å². The number of β-amino-alcohol motifs (C(OH)–C–C–N with tert-alkyl or cyclic N) is 1. The fourth-order valence-electron chi connectivity index (χ4n) is 3.60. The van der Waals surface area contributed by atoms with Gasteiger partial charge in [0.25, 0.3) is 5.91 Å². The van der Waals surface area contributed by atoms with E-state index < -0.39 is 6.04 Å². The van der Waals surface area contributed by atoms with Crippen LogP contribution in [0.3, 0.4) is 0 Å². The van der Waals surface area contributed by atoms with Crippen molar-refractivity contribution in [2.24, 2.45) is 4.99 Å². The molecule has 3 amide bonds. The second-order valence-corrected chi connectivity index (χ2v) is 7.05. The largest absolute Gasteiger partial charge is 0.395 e. The minimum Gasteiger partial charge on any atom is -0.395 e. The molecule has 2 fully saturated rings. The van der Waals surface area contributed by atoms with E-state index in [-0.39, 0.29) is 18.5 Å². The Morgan fingerprint density at radius 2 is 1.92 bits per heavy atom. The Balaban J connectivity index is 1.95. The molecule has 142 valence electrons. The summed E-state index contributed by atoms with van der Waals surface area (Å²) in [5, 5.41) is 9.11. The number of rotatable bonds is 4. The lowest BCUT2D eigenvalue weighted by molar-refractivity contribution is -0.544. The smallest absolute Gasteiger partial charge is 0.392 e. The van der Waals surface area contributed by atoms with Crippen molar-refractivity contribution in [3.05, 3.63) is 12.2 Å². The summed E-state index contributed by atoms with van der Waals surface area (Å²) in [5.74, 6) is 0.939. The van der Waals surface area contributed by atoms with Crippen LogP contribution in [0.1, 0.15) is 6.92 Å². The van der Waals surface area contributed by atoms with E-state index in [2.05, 4.69) is 21.0 Å². The molecule has 3 rings (SSSR count). The van der Waals surface area contributed by atoms with E-state index in [1.54, 1.807) is 7.05 Å². The number of nitrogens with zero attached hydrogens (tertiary/aromatic N) is 6. The first kappa shape index (κ1) is 18.5. The van der Waals surface area contributed by atoms with Gasteiger partial charge < -0.3 is 5.11 Å². The highest BCUT2D eigenvalue weighted by molar-refractivity contribution is 6.25. The molecule has 0 aliphatic carbocycles.